The molecule has 0 saturated heterocycles. The SMILES string of the molecule is CN=C(NCCc1cccc(C(=O)N(C)C)c1)NCc1cn2ccsc2n1. The number of nitrogens with one attached hydrogen (secondary N) is 2. The predicted molar refractivity (Wildman–Crippen MR) is 109 cm³/mol. The van der Waals surface area contributed by atoms with E-state index < -0.39 is 0 Å². The van der Waals surface area contributed by atoms with Crippen molar-refractivity contribution in [1.29, 1.82) is 0 Å². The van der Waals surface area contributed by atoms with Crippen molar-refractivity contribution >= 4 is 28.2 Å². The minimum Gasteiger partial charge on any atom is -0.356 e. The molecule has 0 aliphatic heterocycles. The highest BCUT2D eigenvalue weighted by Crippen LogP contribution is 2.11. The van der Waals surface area contributed by atoms with Crippen LogP contribution in [0.3, 0.4) is 0 Å². The summed E-state index contributed by atoms with van der Waals surface area (Å²) >= 11 is 1.62. The molecular formula is C19H24N6OS. The molecule has 0 unspecified atom stereocenters. The van der Waals surface area contributed by atoms with Gasteiger partial charge in [0.1, 0.15) is 0 Å². The number of aliphatic imine (C=N–C) groups is 1. The summed E-state index contributed by atoms with van der Waals surface area (Å²) < 4.78 is 2.01. The Hall–Kier alpha value is -2.87. The summed E-state index contributed by atoms with van der Waals surface area (Å²) in [6.07, 6.45) is 4.81. The molecule has 0 aliphatic carbocycles. The van der Waals surface area contributed by atoms with E-state index in [9.17, 15) is 4.79 Å². The fraction of sp³-hybridized carbons (Fsp3) is 0.316. The summed E-state index contributed by atoms with van der Waals surface area (Å²) in [5, 5.41) is 8.59. The van der Waals surface area contributed by atoms with Crippen molar-refractivity contribution in [3.05, 3.63) is 58.9 Å². The van der Waals surface area contributed by atoms with Crippen LogP contribution in [0.4, 0.5) is 0 Å². The van der Waals surface area contributed by atoms with Crippen LogP contribution in [0.5, 0.6) is 0 Å². The quantitative estimate of drug-likeness (QED) is 0.504. The van der Waals surface area contributed by atoms with Gasteiger partial charge in [-0.05, 0) is 24.1 Å². The number of hydrogen-bond donors (Lipinski definition) is 2. The van der Waals surface area contributed by atoms with Crippen molar-refractivity contribution in [3.8, 4) is 0 Å². The fourth-order valence-corrected chi connectivity index (χ4v) is 3.42. The monoisotopic (exact) mass is 384 g/mol. The molecule has 0 radical (unpaired) electrons. The zero-order valence-electron chi connectivity index (χ0n) is 15.8. The number of amides is 1. The Balaban J connectivity index is 1.49. The maximum absolute atomic E-state index is 12.1. The molecule has 0 spiro atoms. The highest BCUT2D eigenvalue weighted by Gasteiger charge is 2.08. The minimum atomic E-state index is 0.0160. The van der Waals surface area contributed by atoms with Crippen LogP contribution in [0, 0.1) is 0 Å². The first kappa shape index (κ1) is 18.9. The maximum atomic E-state index is 12.1. The Labute approximate surface area is 162 Å². The number of fused-ring (bicyclic) bond motifs is 1. The summed E-state index contributed by atoms with van der Waals surface area (Å²) in [5.74, 6) is 0.745. The van der Waals surface area contributed by atoms with Gasteiger partial charge >= 0.3 is 0 Å². The van der Waals surface area contributed by atoms with E-state index >= 15 is 0 Å². The third-order valence-corrected chi connectivity index (χ3v) is 4.86. The lowest BCUT2D eigenvalue weighted by atomic mass is 10.1. The van der Waals surface area contributed by atoms with Gasteiger partial charge in [0.25, 0.3) is 5.91 Å². The predicted octanol–water partition coefficient (Wildman–Crippen LogP) is 2.01. The van der Waals surface area contributed by atoms with E-state index in [0.717, 1.165) is 35.1 Å². The van der Waals surface area contributed by atoms with E-state index in [4.69, 9.17) is 0 Å². The van der Waals surface area contributed by atoms with Crippen molar-refractivity contribution in [2.45, 2.75) is 13.0 Å². The van der Waals surface area contributed by atoms with Crippen LogP contribution in [0.25, 0.3) is 4.96 Å². The normalized spacial score (nSPS) is 11.6. The van der Waals surface area contributed by atoms with Crippen molar-refractivity contribution in [1.82, 2.24) is 24.9 Å². The molecule has 1 amide bonds. The smallest absolute Gasteiger partial charge is 0.253 e. The van der Waals surface area contributed by atoms with Gasteiger partial charge in [0.05, 0.1) is 12.2 Å². The van der Waals surface area contributed by atoms with Gasteiger partial charge in [-0.1, -0.05) is 12.1 Å². The standard InChI is InChI=1S/C19H24N6OS/c1-20-18(22-12-16-13-25-9-10-27-19(25)23-16)21-8-7-14-5-4-6-15(11-14)17(26)24(2)3/h4-6,9-11,13H,7-8,12H2,1-3H3,(H2,20,21,22). The third kappa shape index (κ3) is 4.85. The number of carbonyl (C=O) groups is 1. The van der Waals surface area contributed by atoms with Gasteiger partial charge in [0.15, 0.2) is 10.9 Å². The molecular weight excluding hydrogens is 360 g/mol. The molecule has 3 rings (SSSR count). The minimum absolute atomic E-state index is 0.0160. The molecule has 0 fully saturated rings. The van der Waals surface area contributed by atoms with Crippen LogP contribution >= 0.6 is 11.3 Å². The molecule has 27 heavy (non-hydrogen) atoms. The first-order valence-electron chi connectivity index (χ1n) is 8.73. The van der Waals surface area contributed by atoms with Crippen LogP contribution in [-0.2, 0) is 13.0 Å². The zero-order valence-corrected chi connectivity index (χ0v) is 16.6. The summed E-state index contributed by atoms with van der Waals surface area (Å²) in [4.78, 5) is 23.4. The lowest BCUT2D eigenvalue weighted by molar-refractivity contribution is 0.0827. The summed E-state index contributed by atoms with van der Waals surface area (Å²) in [7, 11) is 5.27. The fourth-order valence-electron chi connectivity index (χ4n) is 2.70. The van der Waals surface area contributed by atoms with E-state index in [1.165, 1.54) is 0 Å². The largest absolute Gasteiger partial charge is 0.356 e. The number of imidazole rings is 1. The van der Waals surface area contributed by atoms with Crippen molar-refractivity contribution in [2.75, 3.05) is 27.7 Å². The molecule has 2 heterocycles. The highest BCUT2D eigenvalue weighted by molar-refractivity contribution is 7.15. The van der Waals surface area contributed by atoms with Gasteiger partial charge < -0.3 is 15.5 Å². The van der Waals surface area contributed by atoms with Gasteiger partial charge in [0.2, 0.25) is 0 Å². The van der Waals surface area contributed by atoms with Gasteiger partial charge in [0, 0.05) is 51.0 Å². The maximum Gasteiger partial charge on any atom is 0.253 e. The Morgan fingerprint density at radius 2 is 2.19 bits per heavy atom. The number of carbonyl (C=O) groups excluding carboxylic acids is 1. The Morgan fingerprint density at radius 1 is 1.33 bits per heavy atom. The van der Waals surface area contributed by atoms with Gasteiger partial charge in [-0.25, -0.2) is 4.98 Å². The molecule has 8 heteroatoms. The molecule has 2 N–H and O–H groups in total. The Morgan fingerprint density at radius 3 is 2.93 bits per heavy atom. The number of benzene rings is 1. The second-order valence-corrected chi connectivity index (χ2v) is 7.20. The summed E-state index contributed by atoms with van der Waals surface area (Å²) in [6, 6.07) is 7.74. The summed E-state index contributed by atoms with van der Waals surface area (Å²) in [5.41, 5.74) is 2.79. The van der Waals surface area contributed by atoms with E-state index in [2.05, 4.69) is 20.6 Å². The molecule has 7 nitrogen and oxygen atoms in total. The van der Waals surface area contributed by atoms with Gasteiger partial charge in [-0.3, -0.25) is 14.2 Å². The van der Waals surface area contributed by atoms with E-state index in [1.54, 1.807) is 37.4 Å². The van der Waals surface area contributed by atoms with Crippen LogP contribution < -0.4 is 10.6 Å². The molecule has 2 aromatic heterocycles. The number of rotatable bonds is 6. The Kier molecular flexibility index (Phi) is 6.08. The zero-order chi connectivity index (χ0) is 19.2. The average molecular weight is 385 g/mol. The van der Waals surface area contributed by atoms with Crippen molar-refractivity contribution in [2.24, 2.45) is 4.99 Å². The van der Waals surface area contributed by atoms with Crippen LogP contribution in [-0.4, -0.2) is 53.8 Å². The Bertz CT molecular complexity index is 914. The second kappa shape index (κ2) is 8.68. The second-order valence-electron chi connectivity index (χ2n) is 6.33. The average Bonchev–Trinajstić information content (AvgIpc) is 3.25. The van der Waals surface area contributed by atoms with Crippen molar-refractivity contribution in [3.63, 3.8) is 0 Å². The van der Waals surface area contributed by atoms with E-state index in [1.807, 2.05) is 46.4 Å². The van der Waals surface area contributed by atoms with Crippen LogP contribution in [0.2, 0.25) is 0 Å². The number of hydrogen-bond acceptors (Lipinski definition) is 4. The molecule has 3 aromatic rings. The number of guanidine groups is 1. The number of aromatic nitrogens is 2. The number of thiazole rings is 1. The first-order valence-corrected chi connectivity index (χ1v) is 9.61. The van der Waals surface area contributed by atoms with Crippen molar-refractivity contribution < 1.29 is 4.79 Å². The first-order chi connectivity index (χ1) is 13.1. The van der Waals surface area contributed by atoms with Crippen LogP contribution in [0.15, 0.2) is 47.0 Å². The van der Waals surface area contributed by atoms with E-state index in [-0.39, 0.29) is 5.91 Å². The molecule has 0 saturated carbocycles. The third-order valence-electron chi connectivity index (χ3n) is 4.09. The molecule has 142 valence electrons. The molecule has 0 atom stereocenters. The molecule has 1 aromatic carbocycles. The van der Waals surface area contributed by atoms with E-state index in [0.29, 0.717) is 12.1 Å². The summed E-state index contributed by atoms with van der Waals surface area (Å²) in [6.45, 7) is 1.33. The van der Waals surface area contributed by atoms with Gasteiger partial charge in [-0.2, -0.15) is 0 Å². The highest BCUT2D eigenvalue weighted by atomic mass is 32.1. The van der Waals surface area contributed by atoms with Gasteiger partial charge in [-0.15, -0.1) is 11.3 Å². The lowest BCUT2D eigenvalue weighted by Gasteiger charge is -2.13. The lowest BCUT2D eigenvalue weighted by Crippen LogP contribution is -2.37. The van der Waals surface area contributed by atoms with Crippen LogP contribution in [0.1, 0.15) is 21.6 Å². The number of nitrogens with zero attached hydrogens (tertiary/aromatic N) is 4. The molecule has 0 aliphatic rings. The topological polar surface area (TPSA) is 74.0 Å². The molecule has 0 bridgehead atoms.